The molecular weight excluding hydrogens is 304 g/mol. The predicted molar refractivity (Wildman–Crippen MR) is 95.5 cm³/mol. The van der Waals surface area contributed by atoms with Gasteiger partial charge < -0.3 is 0 Å². The molecule has 4 heteroatoms. The number of hydrogen-bond acceptors (Lipinski definition) is 3. The van der Waals surface area contributed by atoms with Gasteiger partial charge in [-0.3, -0.25) is 9.36 Å². The molecule has 0 saturated carbocycles. The van der Waals surface area contributed by atoms with E-state index in [0.29, 0.717) is 12.5 Å². The molecule has 3 nitrogen and oxygen atoms in total. The van der Waals surface area contributed by atoms with Crippen LogP contribution in [0.4, 0.5) is 0 Å². The molecule has 1 aromatic carbocycles. The molecule has 0 amide bonds. The Morgan fingerprint density at radius 1 is 1.22 bits per heavy atom. The number of fused-ring (bicyclic) bond motifs is 3. The monoisotopic (exact) mass is 324 g/mol. The Morgan fingerprint density at radius 2 is 2.00 bits per heavy atom. The van der Waals surface area contributed by atoms with Crippen molar-refractivity contribution in [2.75, 3.05) is 0 Å². The highest BCUT2D eigenvalue weighted by Crippen LogP contribution is 2.34. The van der Waals surface area contributed by atoms with Crippen molar-refractivity contribution in [2.45, 2.75) is 45.6 Å². The summed E-state index contributed by atoms with van der Waals surface area (Å²) in [5, 5.41) is 0.865. The van der Waals surface area contributed by atoms with Crippen molar-refractivity contribution < 1.29 is 0 Å². The van der Waals surface area contributed by atoms with Gasteiger partial charge in [0.25, 0.3) is 5.56 Å². The Labute approximate surface area is 139 Å². The van der Waals surface area contributed by atoms with Gasteiger partial charge in [0, 0.05) is 4.88 Å². The second-order valence-electron chi connectivity index (χ2n) is 6.61. The van der Waals surface area contributed by atoms with E-state index in [1.54, 1.807) is 22.2 Å². The first-order valence-corrected chi connectivity index (χ1v) is 9.03. The molecule has 0 fully saturated rings. The summed E-state index contributed by atoms with van der Waals surface area (Å²) >= 11 is 1.70. The van der Waals surface area contributed by atoms with Gasteiger partial charge >= 0.3 is 0 Å². The average Bonchev–Trinajstić information content (AvgIpc) is 3.11. The second-order valence-corrected chi connectivity index (χ2v) is 7.70. The van der Waals surface area contributed by atoms with Crippen molar-refractivity contribution in [3.63, 3.8) is 0 Å². The zero-order valence-electron chi connectivity index (χ0n) is 13.5. The highest BCUT2D eigenvalue weighted by Gasteiger charge is 2.21. The maximum atomic E-state index is 12.9. The van der Waals surface area contributed by atoms with Gasteiger partial charge in [-0.05, 0) is 41.9 Å². The van der Waals surface area contributed by atoms with Crippen LogP contribution in [0.3, 0.4) is 0 Å². The average molecular weight is 324 g/mol. The van der Waals surface area contributed by atoms with Crippen molar-refractivity contribution in [3.8, 4) is 0 Å². The first-order chi connectivity index (χ1) is 11.1. The smallest absolute Gasteiger partial charge is 0.262 e. The minimum absolute atomic E-state index is 0.113. The molecule has 3 aromatic rings. The molecule has 118 valence electrons. The van der Waals surface area contributed by atoms with Crippen LogP contribution in [-0.2, 0) is 19.4 Å². The van der Waals surface area contributed by atoms with Crippen LogP contribution < -0.4 is 5.56 Å². The summed E-state index contributed by atoms with van der Waals surface area (Å²) in [5.74, 6) is 0.526. The Bertz CT molecular complexity index is 919. The third-order valence-electron chi connectivity index (χ3n) is 4.69. The van der Waals surface area contributed by atoms with E-state index in [1.165, 1.54) is 22.4 Å². The maximum Gasteiger partial charge on any atom is 0.262 e. The van der Waals surface area contributed by atoms with Crippen molar-refractivity contribution in [2.24, 2.45) is 0 Å². The lowest BCUT2D eigenvalue weighted by Crippen LogP contribution is -2.21. The van der Waals surface area contributed by atoms with Gasteiger partial charge in [-0.1, -0.05) is 38.1 Å². The fourth-order valence-electron chi connectivity index (χ4n) is 3.34. The van der Waals surface area contributed by atoms with Gasteiger partial charge in [-0.2, -0.15) is 0 Å². The molecule has 0 aliphatic heterocycles. The first kappa shape index (κ1) is 14.6. The number of aromatic nitrogens is 2. The minimum Gasteiger partial charge on any atom is -0.294 e. The predicted octanol–water partition coefficient (Wildman–Crippen LogP) is 4.12. The summed E-state index contributed by atoms with van der Waals surface area (Å²) in [5.41, 5.74) is 3.84. The lowest BCUT2D eigenvalue weighted by Gasteiger charge is -2.09. The van der Waals surface area contributed by atoms with Crippen LogP contribution in [0.5, 0.6) is 0 Å². The van der Waals surface area contributed by atoms with Crippen LogP contribution >= 0.6 is 11.3 Å². The third kappa shape index (κ3) is 2.51. The highest BCUT2D eigenvalue weighted by molar-refractivity contribution is 7.18. The van der Waals surface area contributed by atoms with E-state index in [2.05, 4.69) is 43.1 Å². The van der Waals surface area contributed by atoms with Crippen LogP contribution in [0.25, 0.3) is 10.2 Å². The summed E-state index contributed by atoms with van der Waals surface area (Å²) in [7, 11) is 0. The van der Waals surface area contributed by atoms with E-state index in [-0.39, 0.29) is 5.56 Å². The third-order valence-corrected chi connectivity index (χ3v) is 5.89. The summed E-state index contributed by atoms with van der Waals surface area (Å²) in [6.07, 6.45) is 5.00. The van der Waals surface area contributed by atoms with Crippen LogP contribution in [0.15, 0.2) is 35.4 Å². The van der Waals surface area contributed by atoms with Crippen LogP contribution in [0.2, 0.25) is 0 Å². The number of nitrogens with zero attached hydrogens (tertiary/aromatic N) is 2. The van der Waals surface area contributed by atoms with E-state index < -0.39 is 0 Å². The van der Waals surface area contributed by atoms with Gasteiger partial charge in [0.05, 0.1) is 18.3 Å². The van der Waals surface area contributed by atoms with Crippen molar-refractivity contribution in [1.82, 2.24) is 9.55 Å². The molecular formula is C19H20N2OS. The van der Waals surface area contributed by atoms with E-state index in [1.807, 2.05) is 0 Å². The Hall–Kier alpha value is -1.94. The molecule has 0 radical (unpaired) electrons. The Balaban J connectivity index is 1.72. The first-order valence-electron chi connectivity index (χ1n) is 8.22. The summed E-state index contributed by atoms with van der Waals surface area (Å²) < 4.78 is 1.75. The van der Waals surface area contributed by atoms with Crippen molar-refractivity contribution in [1.29, 1.82) is 0 Å². The van der Waals surface area contributed by atoms with Gasteiger partial charge in [0.15, 0.2) is 0 Å². The number of aryl methyl sites for hydroxylation is 2. The molecule has 4 rings (SSSR count). The zero-order chi connectivity index (χ0) is 16.0. The van der Waals surface area contributed by atoms with Gasteiger partial charge in [-0.15, -0.1) is 11.3 Å². The second kappa shape index (κ2) is 5.60. The minimum atomic E-state index is 0.113. The normalized spacial score (nSPS) is 13.9. The molecule has 1 aliphatic carbocycles. The number of hydrogen-bond donors (Lipinski definition) is 0. The summed E-state index contributed by atoms with van der Waals surface area (Å²) in [6.45, 7) is 4.97. The van der Waals surface area contributed by atoms with Crippen molar-refractivity contribution in [3.05, 3.63) is 62.5 Å². The van der Waals surface area contributed by atoms with E-state index >= 15 is 0 Å². The van der Waals surface area contributed by atoms with Crippen LogP contribution in [-0.4, -0.2) is 9.55 Å². The lowest BCUT2D eigenvalue weighted by molar-refractivity contribution is 0.747. The molecule has 0 spiro atoms. The van der Waals surface area contributed by atoms with E-state index in [9.17, 15) is 4.79 Å². The van der Waals surface area contributed by atoms with Gasteiger partial charge in [0.2, 0.25) is 0 Å². The topological polar surface area (TPSA) is 34.9 Å². The number of thiophene rings is 1. The fraction of sp³-hybridized carbons (Fsp3) is 0.368. The quantitative estimate of drug-likeness (QED) is 0.726. The SMILES string of the molecule is CC(C)c1ccc(Cn2cnc3sc4c(c3c2=O)CCC4)cc1. The summed E-state index contributed by atoms with van der Waals surface area (Å²) in [4.78, 5) is 19.7. The fourth-order valence-corrected chi connectivity index (χ4v) is 4.56. The molecule has 0 bridgehead atoms. The van der Waals surface area contributed by atoms with Crippen molar-refractivity contribution >= 4 is 21.6 Å². The summed E-state index contributed by atoms with van der Waals surface area (Å²) in [6, 6.07) is 8.53. The van der Waals surface area contributed by atoms with E-state index in [4.69, 9.17) is 0 Å². The number of benzene rings is 1. The Morgan fingerprint density at radius 3 is 2.74 bits per heavy atom. The Kier molecular flexibility index (Phi) is 3.57. The molecule has 2 aromatic heterocycles. The van der Waals surface area contributed by atoms with E-state index in [0.717, 1.165) is 28.6 Å². The molecule has 2 heterocycles. The largest absolute Gasteiger partial charge is 0.294 e. The van der Waals surface area contributed by atoms with Gasteiger partial charge in [0.1, 0.15) is 4.83 Å². The lowest BCUT2D eigenvalue weighted by atomic mass is 10.0. The molecule has 0 unspecified atom stereocenters. The molecule has 0 N–H and O–H groups in total. The highest BCUT2D eigenvalue weighted by atomic mass is 32.1. The zero-order valence-corrected chi connectivity index (χ0v) is 14.3. The molecule has 0 saturated heterocycles. The molecule has 23 heavy (non-hydrogen) atoms. The standard InChI is InChI=1S/C19H20N2OS/c1-12(2)14-8-6-13(7-9-14)10-21-11-20-18-17(19(21)22)15-4-3-5-16(15)23-18/h6-9,11-12H,3-5,10H2,1-2H3. The molecule has 1 aliphatic rings. The number of rotatable bonds is 3. The molecule has 0 atom stereocenters. The maximum absolute atomic E-state index is 12.9. The van der Waals surface area contributed by atoms with Gasteiger partial charge in [-0.25, -0.2) is 4.98 Å². The van der Waals surface area contributed by atoms with Crippen LogP contribution in [0, 0.1) is 0 Å². The van der Waals surface area contributed by atoms with Crippen LogP contribution in [0.1, 0.15) is 47.8 Å².